The van der Waals surface area contributed by atoms with E-state index < -0.39 is 0 Å². The lowest BCUT2D eigenvalue weighted by atomic mass is 10.0. The molecule has 2 aromatic carbocycles. The Morgan fingerprint density at radius 1 is 1.10 bits per heavy atom. The number of carbonyl (C=O) groups excluding carboxylic acids is 1. The van der Waals surface area contributed by atoms with E-state index in [9.17, 15) is 4.79 Å². The van der Waals surface area contributed by atoms with Crippen molar-refractivity contribution in [3.8, 4) is 11.3 Å². The third-order valence-corrected chi connectivity index (χ3v) is 5.65. The molecule has 1 saturated heterocycles. The summed E-state index contributed by atoms with van der Waals surface area (Å²) in [5, 5.41) is 6.80. The van der Waals surface area contributed by atoms with Crippen molar-refractivity contribution in [2.45, 2.75) is 25.8 Å². The van der Waals surface area contributed by atoms with E-state index >= 15 is 0 Å². The Bertz CT molecular complexity index is 1050. The fraction of sp³-hybridized carbons (Fsp3) is 0.280. The van der Waals surface area contributed by atoms with Gasteiger partial charge >= 0.3 is 0 Å². The van der Waals surface area contributed by atoms with Gasteiger partial charge in [-0.2, -0.15) is 0 Å². The summed E-state index contributed by atoms with van der Waals surface area (Å²) in [5.41, 5.74) is 10.7. The molecule has 1 aliphatic heterocycles. The second kappa shape index (κ2) is 9.62. The molecule has 0 radical (unpaired) electrons. The number of carbonyl (C=O) groups is 1. The standard InChI is InChI=1S/C25H28N4O2/c1-27-25(30)23-22(31-28-24(23)20-8-4-2-5-9-20)16-21(26)19-12-10-18(11-13-19)17-29-14-6-3-7-15-29/h2,4-5,8-13,16H,3,6-7,14-15,17,26H2,1H3,(H,27,30)/b21-16-. The summed E-state index contributed by atoms with van der Waals surface area (Å²) >= 11 is 0. The molecule has 0 saturated carbocycles. The van der Waals surface area contributed by atoms with Gasteiger partial charge in [-0.15, -0.1) is 0 Å². The van der Waals surface area contributed by atoms with E-state index in [0.717, 1.165) is 17.7 Å². The molecule has 3 N–H and O–H groups in total. The fourth-order valence-electron chi connectivity index (χ4n) is 3.94. The van der Waals surface area contributed by atoms with Crippen LogP contribution in [0.3, 0.4) is 0 Å². The Morgan fingerprint density at radius 3 is 2.48 bits per heavy atom. The highest BCUT2D eigenvalue weighted by molar-refractivity contribution is 6.03. The van der Waals surface area contributed by atoms with Crippen molar-refractivity contribution in [2.24, 2.45) is 5.73 Å². The van der Waals surface area contributed by atoms with Crippen LogP contribution in [-0.4, -0.2) is 36.1 Å². The fourth-order valence-corrected chi connectivity index (χ4v) is 3.94. The quantitative estimate of drug-likeness (QED) is 0.631. The minimum absolute atomic E-state index is 0.268. The van der Waals surface area contributed by atoms with Crippen LogP contribution in [0.2, 0.25) is 0 Å². The van der Waals surface area contributed by atoms with Crippen molar-refractivity contribution in [1.82, 2.24) is 15.4 Å². The van der Waals surface area contributed by atoms with Crippen LogP contribution in [0.5, 0.6) is 0 Å². The van der Waals surface area contributed by atoms with E-state index in [2.05, 4.69) is 27.5 Å². The number of aromatic nitrogens is 1. The zero-order chi connectivity index (χ0) is 21.6. The van der Waals surface area contributed by atoms with Crippen molar-refractivity contribution < 1.29 is 9.32 Å². The van der Waals surface area contributed by atoms with E-state index in [1.54, 1.807) is 13.1 Å². The molecule has 1 amide bonds. The Balaban J connectivity index is 1.58. The molecule has 6 heteroatoms. The van der Waals surface area contributed by atoms with Crippen LogP contribution < -0.4 is 11.1 Å². The number of piperidine rings is 1. The number of rotatable bonds is 6. The molecule has 0 atom stereocenters. The van der Waals surface area contributed by atoms with Crippen molar-refractivity contribution in [1.29, 1.82) is 0 Å². The molecular formula is C25H28N4O2. The Kier molecular flexibility index (Phi) is 6.48. The van der Waals surface area contributed by atoms with Crippen molar-refractivity contribution in [3.05, 3.63) is 77.0 Å². The first kappa shape index (κ1) is 20.9. The number of nitrogens with zero attached hydrogens (tertiary/aromatic N) is 2. The lowest BCUT2D eigenvalue weighted by molar-refractivity contribution is 0.0963. The predicted octanol–water partition coefficient (Wildman–Crippen LogP) is 4.14. The van der Waals surface area contributed by atoms with Gasteiger partial charge in [-0.3, -0.25) is 9.69 Å². The summed E-state index contributed by atoms with van der Waals surface area (Å²) in [4.78, 5) is 15.0. The van der Waals surface area contributed by atoms with E-state index in [1.807, 2.05) is 42.5 Å². The average Bonchev–Trinajstić information content (AvgIpc) is 3.23. The average molecular weight is 417 g/mol. The largest absolute Gasteiger partial charge is 0.398 e. The van der Waals surface area contributed by atoms with Crippen LogP contribution in [0.4, 0.5) is 0 Å². The number of nitrogens with one attached hydrogen (secondary N) is 1. The van der Waals surface area contributed by atoms with Gasteiger partial charge in [0.2, 0.25) is 0 Å². The maximum Gasteiger partial charge on any atom is 0.257 e. The van der Waals surface area contributed by atoms with Crippen LogP contribution in [-0.2, 0) is 6.54 Å². The monoisotopic (exact) mass is 416 g/mol. The number of hydrogen-bond acceptors (Lipinski definition) is 5. The minimum Gasteiger partial charge on any atom is -0.398 e. The Morgan fingerprint density at radius 2 is 1.81 bits per heavy atom. The number of amides is 1. The first-order chi connectivity index (χ1) is 15.2. The third kappa shape index (κ3) is 4.86. The van der Waals surface area contributed by atoms with Gasteiger partial charge in [0.05, 0.1) is 0 Å². The van der Waals surface area contributed by atoms with Crippen LogP contribution in [0.1, 0.15) is 46.5 Å². The highest BCUT2D eigenvalue weighted by Gasteiger charge is 2.22. The molecule has 2 heterocycles. The summed E-state index contributed by atoms with van der Waals surface area (Å²) in [6.07, 6.45) is 5.57. The molecule has 0 bridgehead atoms. The van der Waals surface area contributed by atoms with Gasteiger partial charge in [0, 0.05) is 30.9 Å². The maximum atomic E-state index is 12.6. The van der Waals surface area contributed by atoms with Crippen molar-refractivity contribution >= 4 is 17.7 Å². The normalized spacial score (nSPS) is 15.1. The van der Waals surface area contributed by atoms with E-state index in [1.165, 1.54) is 37.9 Å². The SMILES string of the molecule is CNC(=O)c1c(-c2ccccc2)noc1/C=C(\N)c1ccc(CN2CCCCC2)cc1. The Labute approximate surface area is 182 Å². The third-order valence-electron chi connectivity index (χ3n) is 5.65. The molecular weight excluding hydrogens is 388 g/mol. The minimum atomic E-state index is -0.268. The lowest BCUT2D eigenvalue weighted by Gasteiger charge is -2.26. The zero-order valence-electron chi connectivity index (χ0n) is 17.8. The first-order valence-electron chi connectivity index (χ1n) is 10.7. The van der Waals surface area contributed by atoms with Crippen LogP contribution in [0.25, 0.3) is 23.0 Å². The maximum absolute atomic E-state index is 12.6. The van der Waals surface area contributed by atoms with Gasteiger partial charge < -0.3 is 15.6 Å². The highest BCUT2D eigenvalue weighted by Crippen LogP contribution is 2.27. The van der Waals surface area contributed by atoms with Crippen LogP contribution in [0.15, 0.2) is 59.1 Å². The molecule has 31 heavy (non-hydrogen) atoms. The molecule has 6 nitrogen and oxygen atoms in total. The molecule has 1 aromatic heterocycles. The highest BCUT2D eigenvalue weighted by atomic mass is 16.5. The summed E-state index contributed by atoms with van der Waals surface area (Å²) in [6, 6.07) is 17.7. The number of benzene rings is 2. The second-order valence-corrected chi connectivity index (χ2v) is 7.85. The molecule has 1 fully saturated rings. The van der Waals surface area contributed by atoms with Gasteiger partial charge in [-0.1, -0.05) is 66.2 Å². The molecule has 160 valence electrons. The topological polar surface area (TPSA) is 84.4 Å². The van der Waals surface area contributed by atoms with Crippen LogP contribution in [0, 0.1) is 0 Å². The van der Waals surface area contributed by atoms with Gasteiger partial charge in [-0.05, 0) is 37.1 Å². The molecule has 1 aliphatic rings. The van der Waals surface area contributed by atoms with Gasteiger partial charge in [0.1, 0.15) is 11.3 Å². The summed E-state index contributed by atoms with van der Waals surface area (Å²) in [5.74, 6) is 0.0733. The van der Waals surface area contributed by atoms with Crippen LogP contribution >= 0.6 is 0 Å². The molecule has 0 spiro atoms. The van der Waals surface area contributed by atoms with E-state index in [0.29, 0.717) is 22.7 Å². The Hall–Kier alpha value is -3.38. The number of likely N-dealkylation sites (tertiary alicyclic amines) is 1. The van der Waals surface area contributed by atoms with Gasteiger partial charge in [0.25, 0.3) is 5.91 Å². The lowest BCUT2D eigenvalue weighted by Crippen LogP contribution is -2.29. The smallest absolute Gasteiger partial charge is 0.257 e. The predicted molar refractivity (Wildman–Crippen MR) is 123 cm³/mol. The summed E-state index contributed by atoms with van der Waals surface area (Å²) < 4.78 is 5.52. The zero-order valence-corrected chi connectivity index (χ0v) is 17.8. The van der Waals surface area contributed by atoms with E-state index in [4.69, 9.17) is 10.3 Å². The van der Waals surface area contributed by atoms with Crippen molar-refractivity contribution in [2.75, 3.05) is 20.1 Å². The second-order valence-electron chi connectivity index (χ2n) is 7.85. The number of nitrogens with two attached hydrogens (primary N) is 1. The first-order valence-corrected chi connectivity index (χ1v) is 10.7. The molecule has 0 aliphatic carbocycles. The summed E-state index contributed by atoms with van der Waals surface area (Å²) in [7, 11) is 1.59. The molecule has 4 rings (SSSR count). The van der Waals surface area contributed by atoms with Gasteiger partial charge in [0.15, 0.2) is 5.76 Å². The van der Waals surface area contributed by atoms with Crippen molar-refractivity contribution in [3.63, 3.8) is 0 Å². The van der Waals surface area contributed by atoms with Gasteiger partial charge in [-0.25, -0.2) is 0 Å². The summed E-state index contributed by atoms with van der Waals surface area (Å²) in [6.45, 7) is 3.30. The number of hydrogen-bond donors (Lipinski definition) is 2. The molecule has 3 aromatic rings. The van der Waals surface area contributed by atoms with E-state index in [-0.39, 0.29) is 5.91 Å². The molecule has 0 unspecified atom stereocenters.